The van der Waals surface area contributed by atoms with Gasteiger partial charge in [-0.2, -0.15) is 4.31 Å². The molecule has 1 fully saturated rings. The molecule has 1 saturated heterocycles. The summed E-state index contributed by atoms with van der Waals surface area (Å²) in [4.78, 5) is 0.221. The molecule has 0 radical (unpaired) electrons. The van der Waals surface area contributed by atoms with Crippen molar-refractivity contribution < 1.29 is 17.9 Å². The van der Waals surface area contributed by atoms with Gasteiger partial charge in [-0.3, -0.25) is 0 Å². The van der Waals surface area contributed by atoms with Crippen molar-refractivity contribution >= 4 is 10.0 Å². The standard InChI is InChI=1S/C19H21NO4S/c1-14-7-8-17(23-2)18(11-14)25(21,22)20-10-9-19(13-20)16-6-4-3-5-15(16)12-24-19/h3-8,11H,9-10,12-13H2,1-2H3. The first-order valence-corrected chi connectivity index (χ1v) is 9.77. The molecule has 6 heteroatoms. The molecule has 0 N–H and O–H groups in total. The fraction of sp³-hybridized carbons (Fsp3) is 0.368. The van der Waals surface area contributed by atoms with Gasteiger partial charge in [-0.05, 0) is 42.2 Å². The van der Waals surface area contributed by atoms with Crippen molar-refractivity contribution in [1.82, 2.24) is 4.31 Å². The van der Waals surface area contributed by atoms with Crippen LogP contribution in [0.25, 0.3) is 0 Å². The number of rotatable bonds is 3. The van der Waals surface area contributed by atoms with E-state index in [2.05, 4.69) is 0 Å². The zero-order chi connectivity index (χ0) is 17.7. The molecule has 1 spiro atoms. The van der Waals surface area contributed by atoms with Gasteiger partial charge < -0.3 is 9.47 Å². The van der Waals surface area contributed by atoms with Crippen LogP contribution < -0.4 is 4.74 Å². The Balaban J connectivity index is 1.70. The summed E-state index contributed by atoms with van der Waals surface area (Å²) < 4.78 is 39.3. The Kier molecular flexibility index (Phi) is 3.86. The van der Waals surface area contributed by atoms with Crippen LogP contribution in [-0.2, 0) is 27.0 Å². The number of hydrogen-bond donors (Lipinski definition) is 0. The monoisotopic (exact) mass is 359 g/mol. The predicted octanol–water partition coefficient (Wildman–Crippen LogP) is 2.82. The van der Waals surface area contributed by atoms with Gasteiger partial charge in [0.2, 0.25) is 10.0 Å². The van der Waals surface area contributed by atoms with Crippen LogP contribution in [0.15, 0.2) is 47.4 Å². The average Bonchev–Trinajstić information content (AvgIpc) is 3.21. The largest absolute Gasteiger partial charge is 0.495 e. The maximum absolute atomic E-state index is 13.2. The smallest absolute Gasteiger partial charge is 0.246 e. The van der Waals surface area contributed by atoms with Gasteiger partial charge in [0.1, 0.15) is 16.2 Å². The third kappa shape index (κ3) is 2.56. The molecule has 0 aromatic heterocycles. The Morgan fingerprint density at radius 3 is 2.80 bits per heavy atom. The highest BCUT2D eigenvalue weighted by atomic mass is 32.2. The second kappa shape index (κ2) is 5.83. The maximum atomic E-state index is 13.2. The van der Waals surface area contributed by atoms with Crippen LogP contribution in [0.3, 0.4) is 0 Å². The Hall–Kier alpha value is -1.89. The third-order valence-electron chi connectivity index (χ3n) is 5.15. The lowest BCUT2D eigenvalue weighted by Gasteiger charge is -2.25. The second-order valence-electron chi connectivity index (χ2n) is 6.68. The van der Waals surface area contributed by atoms with Crippen molar-refractivity contribution in [3.63, 3.8) is 0 Å². The van der Waals surface area contributed by atoms with E-state index in [1.165, 1.54) is 11.4 Å². The van der Waals surface area contributed by atoms with Gasteiger partial charge in [-0.15, -0.1) is 0 Å². The van der Waals surface area contributed by atoms with Crippen LogP contribution in [0.4, 0.5) is 0 Å². The number of aryl methyl sites for hydroxylation is 1. The highest BCUT2D eigenvalue weighted by Gasteiger charge is 2.49. The summed E-state index contributed by atoms with van der Waals surface area (Å²) in [6.45, 7) is 3.19. The fourth-order valence-electron chi connectivity index (χ4n) is 3.80. The lowest BCUT2D eigenvalue weighted by molar-refractivity contribution is -0.0255. The summed E-state index contributed by atoms with van der Waals surface area (Å²) in [5, 5.41) is 0. The summed E-state index contributed by atoms with van der Waals surface area (Å²) in [5.41, 5.74) is 2.62. The van der Waals surface area contributed by atoms with Gasteiger partial charge >= 0.3 is 0 Å². The van der Waals surface area contributed by atoms with Gasteiger partial charge in [-0.1, -0.05) is 30.3 Å². The highest BCUT2D eigenvalue weighted by Crippen LogP contribution is 2.45. The molecule has 4 rings (SSSR count). The molecule has 1 unspecified atom stereocenters. The van der Waals surface area contributed by atoms with Crippen molar-refractivity contribution in [3.05, 3.63) is 59.2 Å². The van der Waals surface area contributed by atoms with Crippen LogP contribution in [0.1, 0.15) is 23.1 Å². The van der Waals surface area contributed by atoms with Gasteiger partial charge in [-0.25, -0.2) is 8.42 Å². The summed E-state index contributed by atoms with van der Waals surface area (Å²) in [7, 11) is -2.15. The van der Waals surface area contributed by atoms with Gasteiger partial charge in [0.15, 0.2) is 0 Å². The quantitative estimate of drug-likeness (QED) is 0.846. The van der Waals surface area contributed by atoms with Gasteiger partial charge in [0, 0.05) is 13.1 Å². The summed E-state index contributed by atoms with van der Waals surface area (Å²) in [6, 6.07) is 13.3. The van der Waals surface area contributed by atoms with E-state index in [1.807, 2.05) is 37.3 Å². The minimum absolute atomic E-state index is 0.221. The van der Waals surface area contributed by atoms with Crippen molar-refractivity contribution in [2.75, 3.05) is 20.2 Å². The first-order chi connectivity index (χ1) is 12.0. The molecule has 2 aromatic carbocycles. The van der Waals surface area contributed by atoms with Crippen molar-refractivity contribution in [2.24, 2.45) is 0 Å². The fourth-order valence-corrected chi connectivity index (χ4v) is 5.53. The molecular formula is C19H21NO4S. The summed E-state index contributed by atoms with van der Waals surface area (Å²) >= 11 is 0. The molecule has 132 valence electrons. The zero-order valence-corrected chi connectivity index (χ0v) is 15.2. The van der Waals surface area contributed by atoms with Crippen LogP contribution >= 0.6 is 0 Å². The molecule has 2 aliphatic rings. The van der Waals surface area contributed by atoms with E-state index in [0.29, 0.717) is 31.9 Å². The third-order valence-corrected chi connectivity index (χ3v) is 7.01. The van der Waals surface area contributed by atoms with E-state index in [0.717, 1.165) is 16.7 Å². The first kappa shape index (κ1) is 16.6. The maximum Gasteiger partial charge on any atom is 0.246 e. The first-order valence-electron chi connectivity index (χ1n) is 8.33. The van der Waals surface area contributed by atoms with Crippen LogP contribution in [0, 0.1) is 6.92 Å². The molecule has 2 aromatic rings. The summed E-state index contributed by atoms with van der Waals surface area (Å²) in [6.07, 6.45) is 0.664. The Morgan fingerprint density at radius 1 is 1.20 bits per heavy atom. The van der Waals surface area contributed by atoms with Crippen molar-refractivity contribution in [2.45, 2.75) is 30.4 Å². The Labute approximate surface area is 148 Å². The molecular weight excluding hydrogens is 338 g/mol. The number of methoxy groups -OCH3 is 1. The minimum atomic E-state index is -3.64. The van der Waals surface area contributed by atoms with E-state index in [-0.39, 0.29) is 4.90 Å². The van der Waals surface area contributed by atoms with Gasteiger partial charge in [0.25, 0.3) is 0 Å². The van der Waals surface area contributed by atoms with Gasteiger partial charge in [0.05, 0.1) is 13.7 Å². The van der Waals surface area contributed by atoms with E-state index in [9.17, 15) is 8.42 Å². The molecule has 2 aliphatic heterocycles. The lowest BCUT2D eigenvalue weighted by Crippen LogP contribution is -2.34. The summed E-state index contributed by atoms with van der Waals surface area (Å²) in [5.74, 6) is 0.374. The number of fused-ring (bicyclic) bond motifs is 2. The average molecular weight is 359 g/mol. The SMILES string of the molecule is COc1ccc(C)cc1S(=O)(=O)N1CCC2(C1)OCc1ccccc12. The van der Waals surface area contributed by atoms with E-state index < -0.39 is 15.6 Å². The number of benzene rings is 2. The van der Waals surface area contributed by atoms with Crippen LogP contribution in [0.5, 0.6) is 5.75 Å². The van der Waals surface area contributed by atoms with Crippen LogP contribution in [-0.4, -0.2) is 32.9 Å². The van der Waals surface area contributed by atoms with Crippen LogP contribution in [0.2, 0.25) is 0 Å². The molecule has 0 bridgehead atoms. The Morgan fingerprint density at radius 2 is 2.00 bits per heavy atom. The molecule has 0 saturated carbocycles. The molecule has 0 aliphatic carbocycles. The topological polar surface area (TPSA) is 55.8 Å². The molecule has 2 heterocycles. The predicted molar refractivity (Wildman–Crippen MR) is 94.0 cm³/mol. The Bertz CT molecular complexity index is 925. The lowest BCUT2D eigenvalue weighted by atomic mass is 9.92. The second-order valence-corrected chi connectivity index (χ2v) is 8.59. The minimum Gasteiger partial charge on any atom is -0.495 e. The molecule has 25 heavy (non-hydrogen) atoms. The number of ether oxygens (including phenoxy) is 2. The van der Waals surface area contributed by atoms with E-state index >= 15 is 0 Å². The van der Waals surface area contributed by atoms with Crippen molar-refractivity contribution in [3.8, 4) is 5.75 Å². The van der Waals surface area contributed by atoms with E-state index in [1.54, 1.807) is 12.1 Å². The normalized spacial score (nSPS) is 23.1. The number of nitrogens with zero attached hydrogens (tertiary/aromatic N) is 1. The molecule has 5 nitrogen and oxygen atoms in total. The molecule has 1 atom stereocenters. The molecule has 0 amide bonds. The van der Waals surface area contributed by atoms with Crippen molar-refractivity contribution in [1.29, 1.82) is 0 Å². The number of hydrogen-bond acceptors (Lipinski definition) is 4. The van der Waals surface area contributed by atoms with E-state index in [4.69, 9.17) is 9.47 Å². The zero-order valence-electron chi connectivity index (χ0n) is 14.4. The number of sulfonamides is 1. The highest BCUT2D eigenvalue weighted by molar-refractivity contribution is 7.89.